The van der Waals surface area contributed by atoms with Crippen LogP contribution in [0.1, 0.15) is 38.7 Å². The molecule has 0 saturated carbocycles. The van der Waals surface area contributed by atoms with Crippen LogP contribution in [0.4, 0.5) is 0 Å². The second kappa shape index (κ2) is 8.80. The first-order valence-electron chi connectivity index (χ1n) is 8.82. The van der Waals surface area contributed by atoms with Crippen LogP contribution in [-0.4, -0.2) is 52.8 Å². The van der Waals surface area contributed by atoms with Crippen molar-refractivity contribution in [2.75, 3.05) is 13.2 Å². The number of esters is 2. The highest BCUT2D eigenvalue weighted by molar-refractivity contribution is 5.87. The van der Waals surface area contributed by atoms with Crippen molar-refractivity contribution in [3.05, 3.63) is 35.9 Å². The van der Waals surface area contributed by atoms with E-state index >= 15 is 0 Å². The van der Waals surface area contributed by atoms with E-state index in [4.69, 9.17) is 9.47 Å². The van der Waals surface area contributed by atoms with Crippen LogP contribution in [0.2, 0.25) is 0 Å². The molecule has 1 aliphatic rings. The monoisotopic (exact) mass is 363 g/mol. The maximum atomic E-state index is 12.5. The summed E-state index contributed by atoms with van der Waals surface area (Å²) in [6, 6.07) is 8.16. The standard InChI is InChI=1S/C19H25NO6/c1-3-25-17(22)13-19(24)11-10-16(21)20(19)15(18(23)26-4-2)12-14-8-6-5-7-9-14/h5-9,15,24H,3-4,10-13H2,1-2H3. The largest absolute Gasteiger partial charge is 0.466 e. The molecular formula is C19H25NO6. The Labute approximate surface area is 152 Å². The number of carbonyl (C=O) groups excluding carboxylic acids is 3. The first-order chi connectivity index (χ1) is 12.4. The maximum Gasteiger partial charge on any atom is 0.329 e. The number of aliphatic hydroxyl groups is 1. The molecule has 7 nitrogen and oxygen atoms in total. The SMILES string of the molecule is CCOC(=O)CC1(O)CCC(=O)N1C(Cc1ccccc1)C(=O)OCC. The molecule has 7 heteroatoms. The van der Waals surface area contributed by atoms with Gasteiger partial charge >= 0.3 is 11.9 Å². The normalized spacial score (nSPS) is 20.7. The number of nitrogens with zero attached hydrogens (tertiary/aromatic N) is 1. The molecule has 1 aromatic rings. The van der Waals surface area contributed by atoms with Gasteiger partial charge in [0, 0.05) is 19.3 Å². The molecule has 2 rings (SSSR count). The lowest BCUT2D eigenvalue weighted by Crippen LogP contribution is -2.56. The van der Waals surface area contributed by atoms with Crippen LogP contribution in [-0.2, 0) is 30.3 Å². The smallest absolute Gasteiger partial charge is 0.329 e. The summed E-state index contributed by atoms with van der Waals surface area (Å²) >= 11 is 0. The zero-order chi connectivity index (χ0) is 19.2. The Hall–Kier alpha value is -2.41. The summed E-state index contributed by atoms with van der Waals surface area (Å²) in [7, 11) is 0. The third kappa shape index (κ3) is 4.60. The molecule has 1 fully saturated rings. The Morgan fingerprint density at radius 1 is 1.19 bits per heavy atom. The van der Waals surface area contributed by atoms with Gasteiger partial charge in [-0.05, 0) is 19.4 Å². The fraction of sp³-hybridized carbons (Fsp3) is 0.526. The summed E-state index contributed by atoms with van der Waals surface area (Å²) in [6.45, 7) is 3.67. The minimum Gasteiger partial charge on any atom is -0.466 e. The third-order valence-electron chi connectivity index (χ3n) is 4.33. The number of benzene rings is 1. The van der Waals surface area contributed by atoms with Crippen molar-refractivity contribution in [2.45, 2.75) is 51.3 Å². The third-order valence-corrected chi connectivity index (χ3v) is 4.33. The van der Waals surface area contributed by atoms with Crippen molar-refractivity contribution in [1.29, 1.82) is 0 Å². The molecule has 1 aliphatic heterocycles. The van der Waals surface area contributed by atoms with E-state index < -0.39 is 23.7 Å². The van der Waals surface area contributed by atoms with Crippen LogP contribution >= 0.6 is 0 Å². The van der Waals surface area contributed by atoms with Gasteiger partial charge in [0.25, 0.3) is 0 Å². The molecule has 2 unspecified atom stereocenters. The molecule has 1 saturated heterocycles. The molecule has 142 valence electrons. The van der Waals surface area contributed by atoms with Gasteiger partial charge in [0.2, 0.25) is 5.91 Å². The quantitative estimate of drug-likeness (QED) is 0.702. The van der Waals surface area contributed by atoms with Crippen LogP contribution in [0, 0.1) is 0 Å². The molecule has 0 aromatic heterocycles. The summed E-state index contributed by atoms with van der Waals surface area (Å²) in [5, 5.41) is 11.0. The average molecular weight is 363 g/mol. The summed E-state index contributed by atoms with van der Waals surface area (Å²) in [5.41, 5.74) is -0.932. The predicted molar refractivity (Wildman–Crippen MR) is 92.8 cm³/mol. The number of rotatable bonds is 8. The van der Waals surface area contributed by atoms with E-state index in [1.54, 1.807) is 13.8 Å². The lowest BCUT2D eigenvalue weighted by molar-refractivity contribution is -0.178. The topological polar surface area (TPSA) is 93.1 Å². The van der Waals surface area contributed by atoms with Crippen molar-refractivity contribution in [3.8, 4) is 0 Å². The highest BCUT2D eigenvalue weighted by Crippen LogP contribution is 2.34. The minimum atomic E-state index is -1.75. The van der Waals surface area contributed by atoms with E-state index in [0.29, 0.717) is 0 Å². The second-order valence-corrected chi connectivity index (χ2v) is 6.19. The molecular weight excluding hydrogens is 338 g/mol. The van der Waals surface area contributed by atoms with E-state index in [-0.39, 0.29) is 44.8 Å². The van der Waals surface area contributed by atoms with Gasteiger partial charge in [-0.1, -0.05) is 30.3 Å². The van der Waals surface area contributed by atoms with Crippen molar-refractivity contribution >= 4 is 17.8 Å². The zero-order valence-corrected chi connectivity index (χ0v) is 15.1. The van der Waals surface area contributed by atoms with Gasteiger partial charge in [0.1, 0.15) is 6.04 Å². The highest BCUT2D eigenvalue weighted by atomic mass is 16.5. The Morgan fingerprint density at radius 2 is 1.85 bits per heavy atom. The molecule has 26 heavy (non-hydrogen) atoms. The summed E-state index contributed by atoms with van der Waals surface area (Å²) in [5.74, 6) is -1.60. The fourth-order valence-corrected chi connectivity index (χ4v) is 3.22. The van der Waals surface area contributed by atoms with Crippen LogP contribution < -0.4 is 0 Å². The second-order valence-electron chi connectivity index (χ2n) is 6.19. The lowest BCUT2D eigenvalue weighted by atomic mass is 10.0. The van der Waals surface area contributed by atoms with E-state index in [2.05, 4.69) is 0 Å². The van der Waals surface area contributed by atoms with Crippen LogP contribution in [0.5, 0.6) is 0 Å². The van der Waals surface area contributed by atoms with Gasteiger partial charge in [-0.25, -0.2) is 4.79 Å². The van der Waals surface area contributed by atoms with Gasteiger partial charge in [0.05, 0.1) is 19.6 Å². The van der Waals surface area contributed by atoms with Gasteiger partial charge in [-0.2, -0.15) is 0 Å². The van der Waals surface area contributed by atoms with E-state index in [0.717, 1.165) is 10.5 Å². The summed E-state index contributed by atoms with van der Waals surface area (Å²) in [4.78, 5) is 38.0. The van der Waals surface area contributed by atoms with Crippen LogP contribution in [0.3, 0.4) is 0 Å². The van der Waals surface area contributed by atoms with Crippen molar-refractivity contribution in [1.82, 2.24) is 4.90 Å². The van der Waals surface area contributed by atoms with Crippen LogP contribution in [0.15, 0.2) is 30.3 Å². The molecule has 1 heterocycles. The Bertz CT molecular complexity index is 647. The number of carbonyl (C=O) groups is 3. The molecule has 0 bridgehead atoms. The van der Waals surface area contributed by atoms with Crippen molar-refractivity contribution in [2.24, 2.45) is 0 Å². The molecule has 2 atom stereocenters. The Balaban J connectivity index is 2.31. The van der Waals surface area contributed by atoms with E-state index in [1.165, 1.54) is 0 Å². The fourth-order valence-electron chi connectivity index (χ4n) is 3.22. The van der Waals surface area contributed by atoms with Crippen molar-refractivity contribution in [3.63, 3.8) is 0 Å². The number of hydrogen-bond acceptors (Lipinski definition) is 6. The van der Waals surface area contributed by atoms with Crippen molar-refractivity contribution < 1.29 is 29.0 Å². The van der Waals surface area contributed by atoms with Crippen LogP contribution in [0.25, 0.3) is 0 Å². The number of ether oxygens (including phenoxy) is 2. The first kappa shape index (κ1) is 19.9. The zero-order valence-electron chi connectivity index (χ0n) is 15.1. The van der Waals surface area contributed by atoms with Gasteiger partial charge in [-0.3, -0.25) is 14.5 Å². The Morgan fingerprint density at radius 3 is 2.46 bits per heavy atom. The minimum absolute atomic E-state index is 0.0562. The van der Waals surface area contributed by atoms with Gasteiger partial charge in [-0.15, -0.1) is 0 Å². The summed E-state index contributed by atoms with van der Waals surface area (Å²) in [6.07, 6.45) is -0.0657. The molecule has 1 N–H and O–H groups in total. The number of likely N-dealkylation sites (tertiary alicyclic amines) is 1. The molecule has 1 aromatic carbocycles. The summed E-state index contributed by atoms with van der Waals surface area (Å²) < 4.78 is 10.0. The maximum absolute atomic E-state index is 12.5. The molecule has 0 radical (unpaired) electrons. The highest BCUT2D eigenvalue weighted by Gasteiger charge is 2.51. The van der Waals surface area contributed by atoms with Gasteiger partial charge in [0.15, 0.2) is 5.72 Å². The lowest BCUT2D eigenvalue weighted by Gasteiger charge is -2.37. The van der Waals surface area contributed by atoms with Gasteiger partial charge < -0.3 is 14.6 Å². The van der Waals surface area contributed by atoms with E-state index in [9.17, 15) is 19.5 Å². The molecule has 0 spiro atoms. The molecule has 0 aliphatic carbocycles. The molecule has 1 amide bonds. The average Bonchev–Trinajstić information content (AvgIpc) is 2.88. The number of hydrogen-bond donors (Lipinski definition) is 1. The first-order valence-corrected chi connectivity index (χ1v) is 8.82. The predicted octanol–water partition coefficient (Wildman–Crippen LogP) is 1.42. The van der Waals surface area contributed by atoms with E-state index in [1.807, 2.05) is 30.3 Å². The number of amides is 1. The Kier molecular flexibility index (Phi) is 6.74.